The number of halogens is 9. The predicted octanol–water partition coefficient (Wildman–Crippen LogP) is 6.22. The molecule has 0 spiro atoms. The van der Waals surface area contributed by atoms with Gasteiger partial charge in [-0.2, -0.15) is 0 Å². The van der Waals surface area contributed by atoms with E-state index in [0.29, 0.717) is 0 Å². The quantitative estimate of drug-likeness (QED) is 0.511. The molecule has 0 heterocycles. The molecule has 22 heavy (non-hydrogen) atoms. The van der Waals surface area contributed by atoms with Gasteiger partial charge in [-0.25, -0.2) is 17.6 Å². The molecular formula is C12H17F9S. The summed E-state index contributed by atoms with van der Waals surface area (Å²) in [6.45, 7) is 0. The molecule has 0 aromatic rings. The van der Waals surface area contributed by atoms with Crippen molar-refractivity contribution in [2.45, 2.75) is 62.0 Å². The third kappa shape index (κ3) is 3.62. The summed E-state index contributed by atoms with van der Waals surface area (Å²) in [6, 6.07) is 0. The summed E-state index contributed by atoms with van der Waals surface area (Å²) in [4.78, 5) is 0. The number of hydrogen-bond donors (Lipinski definition) is 0. The number of rotatable bonds is 2. The van der Waals surface area contributed by atoms with Crippen LogP contribution in [0.2, 0.25) is 0 Å². The normalized spacial score (nSPS) is 47.6. The van der Waals surface area contributed by atoms with Crippen LogP contribution in [0.25, 0.3) is 0 Å². The lowest BCUT2D eigenvalue weighted by Crippen LogP contribution is -2.50. The minimum Gasteiger partial charge on any atom is -0.247 e. The Morgan fingerprint density at radius 2 is 1.05 bits per heavy atom. The molecule has 2 aliphatic rings. The molecule has 4 atom stereocenters. The Kier molecular flexibility index (Phi) is 3.99. The molecule has 4 unspecified atom stereocenters. The standard InChI is InChI=1S/C12H17F9S/c13-7-2-1-3-8(14)11(7)6-4-9(15)12(10(16)5-6)22(17,18,19,20)21/h6-12H,1-5H2. The van der Waals surface area contributed by atoms with E-state index >= 15 is 0 Å². The van der Waals surface area contributed by atoms with Gasteiger partial charge >= 0.3 is 0 Å². The average Bonchev–Trinajstić information content (AvgIpc) is 2.23. The van der Waals surface area contributed by atoms with Gasteiger partial charge in [0.2, 0.25) is 0 Å². The van der Waals surface area contributed by atoms with Crippen molar-refractivity contribution in [3.05, 3.63) is 0 Å². The molecule has 0 aromatic heterocycles. The lowest BCUT2D eigenvalue weighted by Gasteiger charge is -2.52. The van der Waals surface area contributed by atoms with Gasteiger partial charge in [-0.05, 0) is 38.0 Å². The van der Waals surface area contributed by atoms with Crippen LogP contribution in [0, 0.1) is 11.8 Å². The van der Waals surface area contributed by atoms with Crippen LogP contribution in [-0.2, 0) is 0 Å². The van der Waals surface area contributed by atoms with Gasteiger partial charge in [-0.1, -0.05) is 19.4 Å². The SMILES string of the molecule is FC1CCCC(F)C1C1CC(F)C(S(F)(F)(F)(F)F)C(F)C1. The van der Waals surface area contributed by atoms with Crippen molar-refractivity contribution >= 4 is 10.2 Å². The highest BCUT2D eigenvalue weighted by molar-refractivity contribution is 8.46. The monoisotopic (exact) mass is 364 g/mol. The Morgan fingerprint density at radius 3 is 1.41 bits per heavy atom. The molecule has 2 aliphatic carbocycles. The molecule has 2 fully saturated rings. The number of hydrogen-bond acceptors (Lipinski definition) is 0. The van der Waals surface area contributed by atoms with Gasteiger partial charge in [0, 0.05) is 5.92 Å². The number of alkyl halides is 4. The van der Waals surface area contributed by atoms with Crippen molar-refractivity contribution in [3.8, 4) is 0 Å². The molecule has 0 amide bonds. The fourth-order valence-electron chi connectivity index (χ4n) is 3.75. The zero-order chi connectivity index (χ0) is 17.0. The van der Waals surface area contributed by atoms with Crippen LogP contribution in [0.1, 0.15) is 32.1 Å². The molecule has 0 aliphatic heterocycles. The van der Waals surface area contributed by atoms with Gasteiger partial charge in [0.15, 0.2) is 5.25 Å². The van der Waals surface area contributed by atoms with E-state index in [1.165, 1.54) is 0 Å². The summed E-state index contributed by atoms with van der Waals surface area (Å²) in [6.07, 6.45) is -11.9. The third-order valence-corrected chi connectivity index (χ3v) is 6.24. The summed E-state index contributed by atoms with van der Waals surface area (Å²) in [5.41, 5.74) is 0. The van der Waals surface area contributed by atoms with Crippen molar-refractivity contribution in [2.24, 2.45) is 11.8 Å². The second-order valence-corrected chi connectivity index (χ2v) is 8.90. The zero-order valence-electron chi connectivity index (χ0n) is 11.4. The first-order chi connectivity index (χ1) is 9.70. The Hall–Kier alpha value is -0.280. The van der Waals surface area contributed by atoms with Gasteiger partial charge < -0.3 is 0 Å². The van der Waals surface area contributed by atoms with E-state index in [1.807, 2.05) is 0 Å². The molecule has 0 saturated heterocycles. The second-order valence-electron chi connectivity index (χ2n) is 6.30. The summed E-state index contributed by atoms with van der Waals surface area (Å²) in [5, 5.41) is -3.99. The largest absolute Gasteiger partial charge is 0.293 e. The first kappa shape index (κ1) is 18.1. The molecule has 0 radical (unpaired) electrons. The lowest BCUT2D eigenvalue weighted by molar-refractivity contribution is -0.0104. The highest BCUT2D eigenvalue weighted by atomic mass is 32.5. The minimum absolute atomic E-state index is 0.0412. The molecule has 10 heteroatoms. The fraction of sp³-hybridized carbons (Fsp3) is 1.00. The molecule has 2 saturated carbocycles. The van der Waals surface area contributed by atoms with E-state index < -0.39 is 64.8 Å². The highest BCUT2D eigenvalue weighted by Crippen LogP contribution is 3.01. The van der Waals surface area contributed by atoms with Crippen molar-refractivity contribution in [2.75, 3.05) is 0 Å². The highest BCUT2D eigenvalue weighted by Gasteiger charge is 2.75. The van der Waals surface area contributed by atoms with Crippen molar-refractivity contribution in [1.82, 2.24) is 0 Å². The van der Waals surface area contributed by atoms with Crippen LogP contribution < -0.4 is 0 Å². The van der Waals surface area contributed by atoms with E-state index in [4.69, 9.17) is 0 Å². The molecule has 0 N–H and O–H groups in total. The summed E-state index contributed by atoms with van der Waals surface area (Å²) >= 11 is 0. The van der Waals surface area contributed by atoms with Crippen LogP contribution in [0.4, 0.5) is 37.0 Å². The molecular weight excluding hydrogens is 347 g/mol. The first-order valence-electron chi connectivity index (χ1n) is 7.00. The van der Waals surface area contributed by atoms with Crippen LogP contribution in [-0.4, -0.2) is 29.9 Å². The lowest BCUT2D eigenvalue weighted by atomic mass is 9.70. The van der Waals surface area contributed by atoms with E-state index in [1.54, 1.807) is 0 Å². The van der Waals surface area contributed by atoms with Crippen LogP contribution in [0.15, 0.2) is 0 Å². The average molecular weight is 364 g/mol. The van der Waals surface area contributed by atoms with Gasteiger partial charge in [0.1, 0.15) is 24.7 Å². The van der Waals surface area contributed by atoms with Gasteiger partial charge in [0.25, 0.3) is 10.2 Å². The van der Waals surface area contributed by atoms with Gasteiger partial charge in [0.05, 0.1) is 0 Å². The summed E-state index contributed by atoms with van der Waals surface area (Å²) < 4.78 is 118. The van der Waals surface area contributed by atoms with E-state index in [2.05, 4.69) is 0 Å². The smallest absolute Gasteiger partial charge is 0.247 e. The molecule has 134 valence electrons. The maximum atomic E-state index is 13.8. The van der Waals surface area contributed by atoms with E-state index in [-0.39, 0.29) is 19.3 Å². The van der Waals surface area contributed by atoms with Crippen molar-refractivity contribution in [3.63, 3.8) is 0 Å². The summed E-state index contributed by atoms with van der Waals surface area (Å²) in [5.74, 6) is -2.77. The molecule has 2 rings (SSSR count). The maximum absolute atomic E-state index is 13.8. The third-order valence-electron chi connectivity index (χ3n) is 4.62. The fourth-order valence-corrected chi connectivity index (χ4v) is 5.09. The zero-order valence-corrected chi connectivity index (χ0v) is 12.2. The molecule has 0 aromatic carbocycles. The second kappa shape index (κ2) is 4.86. The van der Waals surface area contributed by atoms with Crippen molar-refractivity contribution in [1.29, 1.82) is 0 Å². The Balaban J connectivity index is 2.21. The topological polar surface area (TPSA) is 0 Å². The Labute approximate surface area is 122 Å². The maximum Gasteiger partial charge on any atom is 0.293 e. The van der Waals surface area contributed by atoms with Crippen LogP contribution >= 0.6 is 10.2 Å². The first-order valence-corrected chi connectivity index (χ1v) is 9.01. The molecule has 0 nitrogen and oxygen atoms in total. The van der Waals surface area contributed by atoms with Crippen molar-refractivity contribution < 1.29 is 37.0 Å². The van der Waals surface area contributed by atoms with Gasteiger partial charge in [-0.15, -0.1) is 0 Å². The van der Waals surface area contributed by atoms with E-state index in [0.717, 1.165) is 0 Å². The predicted molar refractivity (Wildman–Crippen MR) is 66.6 cm³/mol. The van der Waals surface area contributed by atoms with Crippen LogP contribution in [0.3, 0.4) is 0 Å². The Bertz CT molecular complexity index is 399. The Morgan fingerprint density at radius 1 is 0.636 bits per heavy atom. The van der Waals surface area contributed by atoms with Crippen LogP contribution in [0.5, 0.6) is 0 Å². The minimum atomic E-state index is -10.3. The molecule has 0 bridgehead atoms. The summed E-state index contributed by atoms with van der Waals surface area (Å²) in [7, 11) is -10.3. The van der Waals surface area contributed by atoms with E-state index in [9.17, 15) is 37.0 Å². The van der Waals surface area contributed by atoms with Gasteiger partial charge in [-0.3, -0.25) is 0 Å².